The van der Waals surface area contributed by atoms with Gasteiger partial charge in [0.1, 0.15) is 6.04 Å². The Kier molecular flexibility index (Phi) is 3.95. The second-order valence-corrected chi connectivity index (χ2v) is 6.06. The molecule has 2 amide bonds. The second-order valence-electron chi connectivity index (χ2n) is 6.06. The van der Waals surface area contributed by atoms with Crippen LogP contribution in [0.1, 0.15) is 48.4 Å². The third kappa shape index (κ3) is 2.31. The van der Waals surface area contributed by atoms with Gasteiger partial charge in [0.15, 0.2) is 5.76 Å². The molecule has 3 rings (SSSR count). The Hall–Kier alpha value is -1.82. The van der Waals surface area contributed by atoms with E-state index in [1.54, 1.807) is 6.26 Å². The van der Waals surface area contributed by atoms with Crippen molar-refractivity contribution in [2.75, 3.05) is 13.2 Å². The molecule has 6 heteroatoms. The van der Waals surface area contributed by atoms with Gasteiger partial charge < -0.3 is 19.8 Å². The van der Waals surface area contributed by atoms with Crippen molar-refractivity contribution in [2.24, 2.45) is 5.41 Å². The van der Waals surface area contributed by atoms with Crippen LogP contribution in [0, 0.1) is 5.41 Å². The third-order valence-corrected chi connectivity index (χ3v) is 5.11. The lowest BCUT2D eigenvalue weighted by Crippen LogP contribution is -2.49. The lowest BCUT2D eigenvalue weighted by Gasteiger charge is -2.31. The first-order valence-corrected chi connectivity index (χ1v) is 7.87. The number of furan rings is 1. The molecule has 0 saturated carbocycles. The van der Waals surface area contributed by atoms with E-state index in [9.17, 15) is 9.59 Å². The first-order chi connectivity index (χ1) is 10.6. The van der Waals surface area contributed by atoms with Crippen LogP contribution < -0.4 is 10.6 Å². The van der Waals surface area contributed by atoms with Gasteiger partial charge in [0.2, 0.25) is 5.91 Å². The summed E-state index contributed by atoms with van der Waals surface area (Å²) in [5.74, 6) is -0.101. The number of rotatable bonds is 4. The maximum absolute atomic E-state index is 12.6. The van der Waals surface area contributed by atoms with E-state index >= 15 is 0 Å². The normalized spacial score (nSPS) is 23.0. The summed E-state index contributed by atoms with van der Waals surface area (Å²) in [6.07, 6.45) is 3.90. The van der Waals surface area contributed by atoms with Gasteiger partial charge in [0, 0.05) is 29.5 Å². The highest BCUT2D eigenvalue weighted by atomic mass is 16.5. The Labute approximate surface area is 129 Å². The van der Waals surface area contributed by atoms with Crippen molar-refractivity contribution < 1.29 is 18.7 Å². The minimum atomic E-state index is -0.504. The van der Waals surface area contributed by atoms with Gasteiger partial charge in [0.25, 0.3) is 5.91 Å². The van der Waals surface area contributed by atoms with Crippen molar-refractivity contribution >= 4 is 11.8 Å². The zero-order chi connectivity index (χ0) is 15.7. The van der Waals surface area contributed by atoms with Crippen LogP contribution in [0.2, 0.25) is 0 Å². The van der Waals surface area contributed by atoms with Gasteiger partial charge in [-0.05, 0) is 12.8 Å². The van der Waals surface area contributed by atoms with Gasteiger partial charge in [-0.25, -0.2) is 0 Å². The molecule has 3 heterocycles. The van der Waals surface area contributed by atoms with Crippen molar-refractivity contribution in [1.29, 1.82) is 0 Å². The van der Waals surface area contributed by atoms with Crippen LogP contribution in [0.25, 0.3) is 0 Å². The molecule has 2 aliphatic heterocycles. The molecule has 0 unspecified atom stereocenters. The topological polar surface area (TPSA) is 80.6 Å². The molecule has 0 bridgehead atoms. The predicted molar refractivity (Wildman–Crippen MR) is 79.3 cm³/mol. The second kappa shape index (κ2) is 5.76. The van der Waals surface area contributed by atoms with Crippen LogP contribution in [-0.4, -0.2) is 31.0 Å². The SMILES string of the molecule is CCC1(CC)CNC(=O)[C@H]1NC(=O)c1occ2c1CCOC2. The average Bonchev–Trinajstić information content (AvgIpc) is 3.10. The van der Waals surface area contributed by atoms with Gasteiger partial charge in [-0.3, -0.25) is 9.59 Å². The van der Waals surface area contributed by atoms with E-state index in [4.69, 9.17) is 9.15 Å². The number of nitrogens with one attached hydrogen (secondary N) is 2. The average molecular weight is 306 g/mol. The molecular weight excluding hydrogens is 284 g/mol. The highest BCUT2D eigenvalue weighted by molar-refractivity contribution is 5.97. The first kappa shape index (κ1) is 15.1. The Morgan fingerprint density at radius 3 is 2.95 bits per heavy atom. The number of carbonyl (C=O) groups is 2. The maximum atomic E-state index is 12.6. The number of carbonyl (C=O) groups excluding carboxylic acids is 2. The monoisotopic (exact) mass is 306 g/mol. The Morgan fingerprint density at radius 1 is 1.45 bits per heavy atom. The number of fused-ring (bicyclic) bond motifs is 1. The van der Waals surface area contributed by atoms with E-state index < -0.39 is 6.04 Å². The summed E-state index contributed by atoms with van der Waals surface area (Å²) in [6, 6.07) is -0.504. The standard InChI is InChI=1S/C16H22N2O4/c1-3-16(4-2)9-17-15(20)13(16)18-14(19)12-11-5-6-21-7-10(11)8-22-12/h8,13H,3-7,9H2,1-2H3,(H,17,20)(H,18,19)/t13-/m1/s1. The molecule has 0 aromatic carbocycles. The summed E-state index contributed by atoms with van der Waals surface area (Å²) < 4.78 is 10.8. The minimum absolute atomic E-state index is 0.110. The van der Waals surface area contributed by atoms with Crippen LogP contribution >= 0.6 is 0 Å². The smallest absolute Gasteiger partial charge is 0.287 e. The lowest BCUT2D eigenvalue weighted by atomic mass is 9.77. The molecule has 22 heavy (non-hydrogen) atoms. The van der Waals surface area contributed by atoms with Gasteiger partial charge in [-0.2, -0.15) is 0 Å². The Bertz CT molecular complexity index is 589. The molecule has 2 aliphatic rings. The molecule has 1 atom stereocenters. The molecular formula is C16H22N2O4. The Balaban J connectivity index is 1.81. The van der Waals surface area contributed by atoms with Crippen molar-refractivity contribution in [3.63, 3.8) is 0 Å². The zero-order valence-corrected chi connectivity index (χ0v) is 13.0. The molecule has 2 N–H and O–H groups in total. The molecule has 120 valence electrons. The molecule has 1 aromatic rings. The van der Waals surface area contributed by atoms with Gasteiger partial charge in [0.05, 0.1) is 19.5 Å². The van der Waals surface area contributed by atoms with E-state index in [1.165, 1.54) is 0 Å². The predicted octanol–water partition coefficient (Wildman–Crippen LogP) is 1.39. The third-order valence-electron chi connectivity index (χ3n) is 5.11. The van der Waals surface area contributed by atoms with E-state index in [0.29, 0.717) is 31.9 Å². The highest BCUT2D eigenvalue weighted by Gasteiger charge is 2.47. The Morgan fingerprint density at radius 2 is 2.23 bits per heavy atom. The van der Waals surface area contributed by atoms with Crippen LogP contribution in [0.5, 0.6) is 0 Å². The number of ether oxygens (including phenoxy) is 1. The van der Waals surface area contributed by atoms with Crippen molar-refractivity contribution in [3.8, 4) is 0 Å². The molecule has 0 radical (unpaired) electrons. The highest BCUT2D eigenvalue weighted by Crippen LogP contribution is 2.34. The van der Waals surface area contributed by atoms with Crippen molar-refractivity contribution in [2.45, 2.75) is 45.8 Å². The maximum Gasteiger partial charge on any atom is 0.287 e. The molecule has 0 spiro atoms. The minimum Gasteiger partial charge on any atom is -0.459 e. The zero-order valence-electron chi connectivity index (χ0n) is 13.0. The molecule has 1 aromatic heterocycles. The summed E-state index contributed by atoms with van der Waals surface area (Å²) in [5.41, 5.74) is 1.60. The van der Waals surface area contributed by atoms with Gasteiger partial charge in [-0.15, -0.1) is 0 Å². The van der Waals surface area contributed by atoms with E-state index in [-0.39, 0.29) is 17.2 Å². The molecule has 0 aliphatic carbocycles. The van der Waals surface area contributed by atoms with Crippen molar-refractivity contribution in [1.82, 2.24) is 10.6 Å². The molecule has 6 nitrogen and oxygen atoms in total. The van der Waals surface area contributed by atoms with Crippen LogP contribution in [0.15, 0.2) is 10.7 Å². The van der Waals surface area contributed by atoms with Gasteiger partial charge in [-0.1, -0.05) is 13.8 Å². The summed E-state index contributed by atoms with van der Waals surface area (Å²) in [5, 5.41) is 5.76. The summed E-state index contributed by atoms with van der Waals surface area (Å²) in [7, 11) is 0. The largest absolute Gasteiger partial charge is 0.459 e. The summed E-state index contributed by atoms with van der Waals surface area (Å²) in [6.45, 7) is 5.77. The quantitative estimate of drug-likeness (QED) is 0.881. The van der Waals surface area contributed by atoms with Crippen LogP contribution in [-0.2, 0) is 22.6 Å². The summed E-state index contributed by atoms with van der Waals surface area (Å²) in [4.78, 5) is 24.7. The number of amides is 2. The first-order valence-electron chi connectivity index (χ1n) is 7.87. The number of hydrogen-bond acceptors (Lipinski definition) is 4. The van der Waals surface area contributed by atoms with E-state index in [1.807, 2.05) is 0 Å². The fourth-order valence-electron chi connectivity index (χ4n) is 3.43. The summed E-state index contributed by atoms with van der Waals surface area (Å²) >= 11 is 0. The van der Waals surface area contributed by atoms with Crippen molar-refractivity contribution in [3.05, 3.63) is 23.2 Å². The van der Waals surface area contributed by atoms with E-state index in [2.05, 4.69) is 24.5 Å². The van der Waals surface area contributed by atoms with E-state index in [0.717, 1.165) is 24.0 Å². The number of hydrogen-bond donors (Lipinski definition) is 2. The molecule has 1 saturated heterocycles. The van der Waals surface area contributed by atoms with Crippen LogP contribution in [0.3, 0.4) is 0 Å². The lowest BCUT2D eigenvalue weighted by molar-refractivity contribution is -0.121. The molecule has 1 fully saturated rings. The van der Waals surface area contributed by atoms with Crippen LogP contribution in [0.4, 0.5) is 0 Å². The fraction of sp³-hybridized carbons (Fsp3) is 0.625. The van der Waals surface area contributed by atoms with Gasteiger partial charge >= 0.3 is 0 Å². The fourth-order valence-corrected chi connectivity index (χ4v) is 3.43.